The van der Waals surface area contributed by atoms with E-state index in [-0.39, 0.29) is 0 Å². The summed E-state index contributed by atoms with van der Waals surface area (Å²) >= 11 is 0. The van der Waals surface area contributed by atoms with Gasteiger partial charge in [-0.25, -0.2) is 4.57 Å². The van der Waals surface area contributed by atoms with Crippen molar-refractivity contribution in [3.63, 3.8) is 0 Å². The van der Waals surface area contributed by atoms with Crippen molar-refractivity contribution in [1.29, 1.82) is 5.26 Å². The molecule has 0 radical (unpaired) electrons. The number of aryl methyl sites for hydroxylation is 2. The molecule has 0 aliphatic heterocycles. The van der Waals surface area contributed by atoms with Crippen LogP contribution in [0.2, 0.25) is 0 Å². The summed E-state index contributed by atoms with van der Waals surface area (Å²) in [5, 5.41) is 12.0. The van der Waals surface area contributed by atoms with Gasteiger partial charge < -0.3 is 4.42 Å². The number of hydrogen-bond acceptors (Lipinski definition) is 2. The van der Waals surface area contributed by atoms with Crippen LogP contribution >= 0.6 is 0 Å². The van der Waals surface area contributed by atoms with Gasteiger partial charge in [0.1, 0.15) is 18.2 Å². The Kier molecular flexibility index (Phi) is 4.36. The number of fused-ring (bicyclic) bond motifs is 3. The maximum Gasteiger partial charge on any atom is 0.212 e. The second-order valence-corrected chi connectivity index (χ2v) is 8.34. The van der Waals surface area contributed by atoms with Crippen molar-refractivity contribution < 1.29 is 8.98 Å². The first-order valence-electron chi connectivity index (χ1n) is 10.5. The van der Waals surface area contributed by atoms with Crippen LogP contribution < -0.4 is 4.57 Å². The summed E-state index contributed by atoms with van der Waals surface area (Å²) in [4.78, 5) is 0. The molecule has 3 nitrogen and oxygen atoms in total. The minimum Gasteiger partial charge on any atom is -0.456 e. The van der Waals surface area contributed by atoms with Crippen LogP contribution in [-0.2, 0) is 7.05 Å². The second-order valence-electron chi connectivity index (χ2n) is 8.34. The van der Waals surface area contributed by atoms with Crippen LogP contribution in [0, 0.1) is 18.3 Å². The number of hydrogen-bond donors (Lipinski definition) is 0. The summed E-state index contributed by atoms with van der Waals surface area (Å²) in [5.74, 6) is 0.490. The van der Waals surface area contributed by atoms with Gasteiger partial charge in [0.15, 0.2) is 6.20 Å². The van der Waals surface area contributed by atoms with E-state index >= 15 is 0 Å². The molecule has 4 aromatic rings. The van der Waals surface area contributed by atoms with Gasteiger partial charge in [-0.1, -0.05) is 19.3 Å². The maximum atomic E-state index is 9.76. The molecule has 2 heterocycles. The van der Waals surface area contributed by atoms with Crippen LogP contribution in [0.15, 0.2) is 53.1 Å². The number of nitriles is 1. The largest absolute Gasteiger partial charge is 0.456 e. The van der Waals surface area contributed by atoms with Crippen LogP contribution in [-0.4, -0.2) is 0 Å². The van der Waals surface area contributed by atoms with Crippen LogP contribution in [0.1, 0.15) is 54.7 Å². The Bertz CT molecular complexity index is 1270. The van der Waals surface area contributed by atoms with Gasteiger partial charge in [0.2, 0.25) is 5.69 Å². The molecule has 1 fully saturated rings. The zero-order chi connectivity index (χ0) is 20.0. The first-order chi connectivity index (χ1) is 14.2. The van der Waals surface area contributed by atoms with Crippen molar-refractivity contribution in [2.75, 3.05) is 0 Å². The highest BCUT2D eigenvalue weighted by Crippen LogP contribution is 2.40. The van der Waals surface area contributed by atoms with E-state index in [1.54, 1.807) is 0 Å². The van der Waals surface area contributed by atoms with Crippen molar-refractivity contribution in [1.82, 2.24) is 0 Å². The molecular formula is C26H25N2O+. The van der Waals surface area contributed by atoms with E-state index in [9.17, 15) is 5.26 Å². The Morgan fingerprint density at radius 2 is 1.76 bits per heavy atom. The predicted molar refractivity (Wildman–Crippen MR) is 116 cm³/mol. The van der Waals surface area contributed by atoms with Gasteiger partial charge in [0.05, 0.1) is 11.6 Å². The molecule has 2 aromatic heterocycles. The Balaban J connectivity index is 1.75. The van der Waals surface area contributed by atoms with Crippen molar-refractivity contribution in [2.24, 2.45) is 7.05 Å². The first-order valence-corrected chi connectivity index (χ1v) is 10.5. The minimum atomic E-state index is 0.490. The normalized spacial score (nSPS) is 15.1. The van der Waals surface area contributed by atoms with Crippen LogP contribution in [0.4, 0.5) is 0 Å². The monoisotopic (exact) mass is 381 g/mol. The number of nitrogens with zero attached hydrogens (tertiary/aromatic N) is 2. The molecule has 1 aliphatic carbocycles. The highest BCUT2D eigenvalue weighted by atomic mass is 16.3. The molecule has 0 atom stereocenters. The lowest BCUT2D eigenvalue weighted by atomic mass is 9.81. The van der Waals surface area contributed by atoms with Crippen LogP contribution in [0.5, 0.6) is 0 Å². The van der Waals surface area contributed by atoms with Gasteiger partial charge in [0, 0.05) is 28.5 Å². The molecular weight excluding hydrogens is 356 g/mol. The fourth-order valence-corrected chi connectivity index (χ4v) is 4.91. The summed E-state index contributed by atoms with van der Waals surface area (Å²) in [6, 6.07) is 17.3. The summed E-state index contributed by atoms with van der Waals surface area (Å²) in [6.07, 6.45) is 8.26. The molecule has 0 amide bonds. The van der Waals surface area contributed by atoms with E-state index in [0.29, 0.717) is 5.92 Å². The molecule has 5 rings (SSSR count). The van der Waals surface area contributed by atoms with E-state index in [0.717, 1.165) is 27.5 Å². The molecule has 0 saturated heterocycles. The average molecular weight is 381 g/mol. The predicted octanol–water partition coefficient (Wildman–Crippen LogP) is 6.31. The maximum absolute atomic E-state index is 9.76. The molecule has 29 heavy (non-hydrogen) atoms. The smallest absolute Gasteiger partial charge is 0.212 e. The number of aromatic nitrogens is 1. The summed E-state index contributed by atoms with van der Waals surface area (Å²) < 4.78 is 8.33. The summed E-state index contributed by atoms with van der Waals surface area (Å²) in [7, 11) is 2.08. The topological polar surface area (TPSA) is 40.8 Å². The number of pyridine rings is 1. The molecule has 0 spiro atoms. The lowest BCUT2D eigenvalue weighted by molar-refractivity contribution is -0.660. The van der Waals surface area contributed by atoms with E-state index in [4.69, 9.17) is 4.42 Å². The van der Waals surface area contributed by atoms with E-state index in [1.807, 2.05) is 12.1 Å². The molecule has 0 unspecified atom stereocenters. The SMILES string of the molecule is Cc1cc2oc3cc(C#N)c(C4CCCCC4)cc3c2cc1-c1cccc[n+]1C. The molecule has 3 heteroatoms. The van der Waals surface area contributed by atoms with Crippen LogP contribution in [0.25, 0.3) is 33.2 Å². The lowest BCUT2D eigenvalue weighted by Crippen LogP contribution is -2.30. The van der Waals surface area contributed by atoms with E-state index in [1.165, 1.54) is 54.5 Å². The number of rotatable bonds is 2. The third kappa shape index (κ3) is 3.00. The quantitative estimate of drug-likeness (QED) is 0.382. The zero-order valence-corrected chi connectivity index (χ0v) is 17.0. The first kappa shape index (κ1) is 17.9. The van der Waals surface area contributed by atoms with Crippen LogP contribution in [0.3, 0.4) is 0 Å². The fourth-order valence-electron chi connectivity index (χ4n) is 4.91. The Hall–Kier alpha value is -3.12. The Morgan fingerprint density at radius 3 is 2.52 bits per heavy atom. The molecule has 0 bridgehead atoms. The van der Waals surface area contributed by atoms with Gasteiger partial charge in [0.25, 0.3) is 0 Å². The average Bonchev–Trinajstić information content (AvgIpc) is 3.09. The molecule has 144 valence electrons. The van der Waals surface area contributed by atoms with E-state index in [2.05, 4.69) is 61.1 Å². The van der Waals surface area contributed by atoms with Gasteiger partial charge in [-0.05, 0) is 67.1 Å². The highest BCUT2D eigenvalue weighted by Gasteiger charge is 2.22. The molecule has 2 aromatic carbocycles. The lowest BCUT2D eigenvalue weighted by Gasteiger charge is -2.22. The van der Waals surface area contributed by atoms with Gasteiger partial charge >= 0.3 is 0 Å². The van der Waals surface area contributed by atoms with Gasteiger partial charge in [-0.2, -0.15) is 5.26 Å². The second kappa shape index (κ2) is 7.04. The Labute approximate surface area is 171 Å². The van der Waals surface area contributed by atoms with Gasteiger partial charge in [-0.15, -0.1) is 0 Å². The van der Waals surface area contributed by atoms with Crippen molar-refractivity contribution >= 4 is 21.9 Å². The highest BCUT2D eigenvalue weighted by molar-refractivity contribution is 6.07. The molecule has 1 aliphatic rings. The van der Waals surface area contributed by atoms with E-state index < -0.39 is 0 Å². The Morgan fingerprint density at radius 1 is 1.00 bits per heavy atom. The third-order valence-electron chi connectivity index (χ3n) is 6.48. The van der Waals surface area contributed by atoms with Crippen molar-refractivity contribution in [3.05, 3.63) is 65.4 Å². The molecule has 1 saturated carbocycles. The number of furan rings is 1. The zero-order valence-electron chi connectivity index (χ0n) is 17.0. The summed E-state index contributed by atoms with van der Waals surface area (Å²) in [5.41, 5.74) is 7.26. The summed E-state index contributed by atoms with van der Waals surface area (Å²) in [6.45, 7) is 2.13. The third-order valence-corrected chi connectivity index (χ3v) is 6.48. The van der Waals surface area contributed by atoms with Gasteiger partial charge in [-0.3, -0.25) is 0 Å². The fraction of sp³-hybridized carbons (Fsp3) is 0.308. The van der Waals surface area contributed by atoms with Crippen molar-refractivity contribution in [2.45, 2.75) is 44.9 Å². The molecule has 0 N–H and O–H groups in total. The standard InChI is InChI=1S/C26H25N2O/c1-17-12-25-22(14-20(17)24-10-6-7-11-28(24)2)23-15-21(18-8-4-3-5-9-18)19(16-27)13-26(23)29-25/h6-7,10-15,18H,3-5,8-9H2,1-2H3/q+1. The van der Waals surface area contributed by atoms with Crippen molar-refractivity contribution in [3.8, 4) is 17.3 Å². The number of benzene rings is 2. The minimum absolute atomic E-state index is 0.490.